The molecule has 0 saturated heterocycles. The van der Waals surface area contributed by atoms with Crippen LogP contribution in [0.25, 0.3) is 22.3 Å². The van der Waals surface area contributed by atoms with Crippen LogP contribution in [0.5, 0.6) is 0 Å². The fourth-order valence-electron chi connectivity index (χ4n) is 3.41. The number of aromatic nitrogens is 4. The van der Waals surface area contributed by atoms with Gasteiger partial charge in [-0.3, -0.25) is 9.48 Å². The highest BCUT2D eigenvalue weighted by Crippen LogP contribution is 2.38. The fourth-order valence-corrected chi connectivity index (χ4v) is 3.60. The lowest BCUT2D eigenvalue weighted by atomic mass is 10.0. The maximum Gasteiger partial charge on any atom is 0.248 e. The predicted octanol–water partition coefficient (Wildman–Crippen LogP) is 1.80. The highest BCUT2D eigenvalue weighted by atomic mass is 35.5. The second-order valence-electron chi connectivity index (χ2n) is 6.29. The Labute approximate surface area is 149 Å². The molecule has 0 fully saturated rings. The third kappa shape index (κ3) is 2.51. The molecule has 1 aliphatic rings. The SMILES string of the molecule is Cc1nc(-c2ccn(C)n2)c2c3c([nH]c2c1Cl)CCN(C(=O)CO)C3. The normalized spacial score (nSPS) is 14.2. The van der Waals surface area contributed by atoms with Gasteiger partial charge < -0.3 is 15.0 Å². The summed E-state index contributed by atoms with van der Waals surface area (Å²) in [5.74, 6) is -0.273. The van der Waals surface area contributed by atoms with E-state index in [2.05, 4.69) is 15.1 Å². The van der Waals surface area contributed by atoms with Gasteiger partial charge in [-0.2, -0.15) is 5.10 Å². The maximum atomic E-state index is 11.9. The van der Waals surface area contributed by atoms with Gasteiger partial charge in [0.25, 0.3) is 0 Å². The Morgan fingerprint density at radius 2 is 2.28 bits per heavy atom. The Bertz CT molecular complexity index is 991. The molecule has 2 N–H and O–H groups in total. The van der Waals surface area contributed by atoms with Crippen molar-refractivity contribution in [1.82, 2.24) is 24.6 Å². The summed E-state index contributed by atoms with van der Waals surface area (Å²) in [5.41, 5.74) is 5.14. The van der Waals surface area contributed by atoms with Crippen LogP contribution in [0.2, 0.25) is 5.02 Å². The van der Waals surface area contributed by atoms with Crippen LogP contribution in [0.15, 0.2) is 12.3 Å². The molecule has 0 radical (unpaired) electrons. The number of halogens is 1. The van der Waals surface area contributed by atoms with Crippen LogP contribution in [0, 0.1) is 6.92 Å². The summed E-state index contributed by atoms with van der Waals surface area (Å²) >= 11 is 6.50. The minimum absolute atomic E-state index is 0.273. The Kier molecular flexibility index (Phi) is 3.77. The number of aryl methyl sites for hydroxylation is 2. The van der Waals surface area contributed by atoms with Gasteiger partial charge in [0.2, 0.25) is 5.91 Å². The molecule has 3 aromatic heterocycles. The van der Waals surface area contributed by atoms with Crippen molar-refractivity contribution in [3.63, 3.8) is 0 Å². The van der Waals surface area contributed by atoms with Gasteiger partial charge in [0.1, 0.15) is 18.0 Å². The number of carbonyl (C=O) groups excluding carboxylic acids is 1. The number of amides is 1. The number of nitrogens with zero attached hydrogens (tertiary/aromatic N) is 4. The van der Waals surface area contributed by atoms with E-state index in [1.165, 1.54) is 0 Å². The molecule has 1 amide bonds. The first-order valence-corrected chi connectivity index (χ1v) is 8.45. The van der Waals surface area contributed by atoms with E-state index in [1.54, 1.807) is 9.58 Å². The van der Waals surface area contributed by atoms with Crippen molar-refractivity contribution in [2.75, 3.05) is 13.2 Å². The molecular weight excluding hydrogens is 342 g/mol. The molecule has 0 spiro atoms. The van der Waals surface area contributed by atoms with E-state index in [1.807, 2.05) is 26.2 Å². The van der Waals surface area contributed by atoms with Crippen molar-refractivity contribution in [2.24, 2.45) is 7.05 Å². The van der Waals surface area contributed by atoms with Crippen molar-refractivity contribution in [2.45, 2.75) is 19.9 Å². The summed E-state index contributed by atoms with van der Waals surface area (Å²) in [4.78, 5) is 21.7. The van der Waals surface area contributed by atoms with Gasteiger partial charge in [-0.05, 0) is 13.0 Å². The Morgan fingerprint density at radius 3 is 2.96 bits per heavy atom. The fraction of sp³-hybridized carbons (Fsp3) is 0.353. The monoisotopic (exact) mass is 359 g/mol. The summed E-state index contributed by atoms with van der Waals surface area (Å²) < 4.78 is 1.73. The number of aromatic amines is 1. The molecule has 3 aromatic rings. The first-order valence-electron chi connectivity index (χ1n) is 8.07. The zero-order chi connectivity index (χ0) is 17.7. The van der Waals surface area contributed by atoms with Crippen molar-refractivity contribution in [3.05, 3.63) is 34.2 Å². The molecular formula is C17H18ClN5O2. The van der Waals surface area contributed by atoms with E-state index < -0.39 is 6.61 Å². The molecule has 130 valence electrons. The quantitative estimate of drug-likeness (QED) is 0.730. The molecule has 25 heavy (non-hydrogen) atoms. The topological polar surface area (TPSA) is 87.0 Å². The van der Waals surface area contributed by atoms with Crippen LogP contribution < -0.4 is 0 Å². The molecule has 8 heteroatoms. The minimum atomic E-state index is -0.483. The van der Waals surface area contributed by atoms with Crippen LogP contribution in [-0.2, 0) is 24.8 Å². The third-order valence-corrected chi connectivity index (χ3v) is 5.13. The van der Waals surface area contributed by atoms with E-state index >= 15 is 0 Å². The van der Waals surface area contributed by atoms with E-state index in [0.29, 0.717) is 24.5 Å². The van der Waals surface area contributed by atoms with E-state index in [-0.39, 0.29) is 5.91 Å². The minimum Gasteiger partial charge on any atom is -0.387 e. The van der Waals surface area contributed by atoms with Gasteiger partial charge in [-0.25, -0.2) is 4.98 Å². The van der Waals surface area contributed by atoms with Gasteiger partial charge in [-0.15, -0.1) is 0 Å². The van der Waals surface area contributed by atoms with E-state index in [4.69, 9.17) is 16.7 Å². The largest absolute Gasteiger partial charge is 0.387 e. The third-order valence-electron chi connectivity index (χ3n) is 4.67. The number of pyridine rings is 1. The van der Waals surface area contributed by atoms with Gasteiger partial charge >= 0.3 is 0 Å². The molecule has 4 heterocycles. The number of hydrogen-bond acceptors (Lipinski definition) is 4. The number of carbonyl (C=O) groups is 1. The van der Waals surface area contributed by atoms with Crippen LogP contribution in [-0.4, -0.2) is 48.8 Å². The molecule has 1 aliphatic heterocycles. The first-order chi connectivity index (χ1) is 12.0. The number of nitrogens with one attached hydrogen (secondary N) is 1. The standard InChI is InChI=1S/C17H18ClN5O2/c1-9-15(18)17-14(16(19-9)12-3-5-22(2)21-12)10-7-23(13(25)8-24)6-4-11(10)20-17/h3,5,20,24H,4,6-8H2,1-2H3. The number of fused-ring (bicyclic) bond motifs is 3. The van der Waals surface area contributed by atoms with Crippen molar-refractivity contribution >= 4 is 28.4 Å². The number of H-pyrrole nitrogens is 1. The van der Waals surface area contributed by atoms with Crippen LogP contribution in [0.4, 0.5) is 0 Å². The van der Waals surface area contributed by atoms with Gasteiger partial charge in [0.05, 0.1) is 16.2 Å². The molecule has 0 bridgehead atoms. The van der Waals surface area contributed by atoms with Crippen LogP contribution in [0.1, 0.15) is 17.0 Å². The summed E-state index contributed by atoms with van der Waals surface area (Å²) in [6.07, 6.45) is 2.56. The first kappa shape index (κ1) is 16.1. The van der Waals surface area contributed by atoms with Crippen LogP contribution >= 0.6 is 11.6 Å². The van der Waals surface area contributed by atoms with Crippen molar-refractivity contribution in [3.8, 4) is 11.4 Å². The second-order valence-corrected chi connectivity index (χ2v) is 6.67. The van der Waals surface area contributed by atoms with Gasteiger partial charge in [-0.1, -0.05) is 11.6 Å². The molecule has 0 saturated carbocycles. The highest BCUT2D eigenvalue weighted by Gasteiger charge is 2.27. The van der Waals surface area contributed by atoms with E-state index in [0.717, 1.165) is 39.2 Å². The highest BCUT2D eigenvalue weighted by molar-refractivity contribution is 6.36. The molecule has 7 nitrogen and oxygen atoms in total. The van der Waals surface area contributed by atoms with Crippen molar-refractivity contribution < 1.29 is 9.90 Å². The lowest BCUT2D eigenvalue weighted by Gasteiger charge is -2.26. The van der Waals surface area contributed by atoms with Gasteiger partial charge in [0, 0.05) is 49.4 Å². The summed E-state index contributed by atoms with van der Waals surface area (Å²) in [5, 5.41) is 15.1. The Hall–Kier alpha value is -2.38. The lowest BCUT2D eigenvalue weighted by Crippen LogP contribution is -2.37. The number of rotatable bonds is 2. The summed E-state index contributed by atoms with van der Waals surface area (Å²) in [6.45, 7) is 2.39. The number of hydrogen-bond donors (Lipinski definition) is 2. The number of aliphatic hydroxyl groups excluding tert-OH is 1. The second kappa shape index (κ2) is 5.86. The Morgan fingerprint density at radius 1 is 1.48 bits per heavy atom. The van der Waals surface area contributed by atoms with Crippen molar-refractivity contribution in [1.29, 1.82) is 0 Å². The van der Waals surface area contributed by atoms with Crippen LogP contribution in [0.3, 0.4) is 0 Å². The predicted molar refractivity (Wildman–Crippen MR) is 94.2 cm³/mol. The molecule has 0 atom stereocenters. The summed E-state index contributed by atoms with van der Waals surface area (Å²) in [6, 6.07) is 1.91. The average molecular weight is 360 g/mol. The zero-order valence-electron chi connectivity index (χ0n) is 14.0. The zero-order valence-corrected chi connectivity index (χ0v) is 14.8. The average Bonchev–Trinajstić information content (AvgIpc) is 3.20. The lowest BCUT2D eigenvalue weighted by molar-refractivity contribution is -0.135. The van der Waals surface area contributed by atoms with Gasteiger partial charge in [0.15, 0.2) is 0 Å². The van der Waals surface area contributed by atoms with E-state index in [9.17, 15) is 4.79 Å². The Balaban J connectivity index is 1.96. The molecule has 0 unspecified atom stereocenters. The maximum absolute atomic E-state index is 11.9. The molecule has 4 rings (SSSR count). The smallest absolute Gasteiger partial charge is 0.248 e. The summed E-state index contributed by atoms with van der Waals surface area (Å²) in [7, 11) is 1.86. The molecule has 0 aliphatic carbocycles. The molecule has 0 aromatic carbocycles. The number of aliphatic hydroxyl groups is 1.